The van der Waals surface area contributed by atoms with Crippen molar-refractivity contribution in [1.82, 2.24) is 14.9 Å². The lowest BCUT2D eigenvalue weighted by molar-refractivity contribution is 0.115. The van der Waals surface area contributed by atoms with Gasteiger partial charge in [-0.25, -0.2) is 9.97 Å². The van der Waals surface area contributed by atoms with E-state index in [1.807, 2.05) is 31.2 Å². The van der Waals surface area contributed by atoms with E-state index in [1.54, 1.807) is 13.2 Å². The Labute approximate surface area is 170 Å². The molecule has 0 spiro atoms. The zero-order chi connectivity index (χ0) is 20.4. The number of likely N-dealkylation sites (tertiary alicyclic amines) is 1. The number of methoxy groups -OCH3 is 1. The number of hydrogen-bond acceptors (Lipinski definition) is 7. The first-order valence-electron chi connectivity index (χ1n) is 9.78. The van der Waals surface area contributed by atoms with Gasteiger partial charge in [-0.15, -0.1) is 0 Å². The van der Waals surface area contributed by atoms with Gasteiger partial charge in [-0.1, -0.05) is 0 Å². The standard InChI is InChI=1S/C22H26N4O3/c1-14-10-15(4-5-19(14)27)25-22-21-18(23-13-24-22)11-17(28-3)12-20(21)29-16-6-8-26(2)9-7-16/h4-5,10-13,16,27H,6-9H2,1-3H3,(H,23,24,25). The lowest BCUT2D eigenvalue weighted by Crippen LogP contribution is -2.35. The minimum atomic E-state index is 0.144. The van der Waals surface area contributed by atoms with Crippen LogP contribution in [0.25, 0.3) is 10.9 Å². The highest BCUT2D eigenvalue weighted by molar-refractivity contribution is 5.96. The summed E-state index contributed by atoms with van der Waals surface area (Å²) < 4.78 is 11.9. The molecule has 0 unspecified atom stereocenters. The topological polar surface area (TPSA) is 79.7 Å². The van der Waals surface area contributed by atoms with Gasteiger partial charge in [-0.05, 0) is 50.6 Å². The van der Waals surface area contributed by atoms with Crippen LogP contribution in [0.4, 0.5) is 11.5 Å². The SMILES string of the molecule is COc1cc(OC2CCN(C)CC2)c2c(Nc3ccc(O)c(C)c3)ncnc2c1. The molecular formula is C22H26N4O3. The second-order valence-corrected chi connectivity index (χ2v) is 7.49. The monoisotopic (exact) mass is 394 g/mol. The van der Waals surface area contributed by atoms with Crippen LogP contribution in [0.2, 0.25) is 0 Å². The molecule has 7 nitrogen and oxygen atoms in total. The van der Waals surface area contributed by atoms with Crippen molar-refractivity contribution < 1.29 is 14.6 Å². The van der Waals surface area contributed by atoms with Gasteiger partial charge in [0, 0.05) is 30.9 Å². The van der Waals surface area contributed by atoms with E-state index in [-0.39, 0.29) is 11.9 Å². The quantitative estimate of drug-likeness (QED) is 0.636. The normalized spacial score (nSPS) is 15.4. The molecule has 0 saturated carbocycles. The van der Waals surface area contributed by atoms with Crippen LogP contribution in [-0.2, 0) is 0 Å². The number of nitrogens with one attached hydrogen (secondary N) is 1. The smallest absolute Gasteiger partial charge is 0.145 e. The van der Waals surface area contributed by atoms with E-state index in [4.69, 9.17) is 9.47 Å². The fourth-order valence-electron chi connectivity index (χ4n) is 3.59. The van der Waals surface area contributed by atoms with Gasteiger partial charge in [0.15, 0.2) is 0 Å². The number of rotatable bonds is 5. The van der Waals surface area contributed by atoms with Gasteiger partial charge in [-0.3, -0.25) is 0 Å². The molecule has 0 radical (unpaired) electrons. The van der Waals surface area contributed by atoms with E-state index in [9.17, 15) is 5.11 Å². The van der Waals surface area contributed by atoms with Crippen molar-refractivity contribution in [2.75, 3.05) is 32.6 Å². The summed E-state index contributed by atoms with van der Waals surface area (Å²) in [4.78, 5) is 11.2. The predicted octanol–water partition coefficient (Wildman–Crippen LogP) is 3.87. The second kappa shape index (κ2) is 8.13. The van der Waals surface area contributed by atoms with Crippen LogP contribution in [0.1, 0.15) is 18.4 Å². The first-order chi connectivity index (χ1) is 14.0. The Hall–Kier alpha value is -3.06. The summed E-state index contributed by atoms with van der Waals surface area (Å²) in [5, 5.41) is 14.0. The average molecular weight is 394 g/mol. The summed E-state index contributed by atoms with van der Waals surface area (Å²) in [5.74, 6) is 2.34. The maximum absolute atomic E-state index is 9.79. The molecule has 29 heavy (non-hydrogen) atoms. The molecule has 3 aromatic rings. The van der Waals surface area contributed by atoms with Gasteiger partial charge in [-0.2, -0.15) is 0 Å². The van der Waals surface area contributed by atoms with E-state index in [0.717, 1.165) is 48.1 Å². The zero-order valence-corrected chi connectivity index (χ0v) is 17.0. The molecule has 0 aliphatic carbocycles. The summed E-state index contributed by atoms with van der Waals surface area (Å²) in [7, 11) is 3.77. The number of hydrogen-bond donors (Lipinski definition) is 2. The molecule has 2 N–H and O–H groups in total. The number of aromatic nitrogens is 2. The average Bonchev–Trinajstić information content (AvgIpc) is 2.72. The number of ether oxygens (including phenoxy) is 2. The third kappa shape index (κ3) is 4.19. The fourth-order valence-corrected chi connectivity index (χ4v) is 3.59. The van der Waals surface area contributed by atoms with E-state index < -0.39 is 0 Å². The minimum absolute atomic E-state index is 0.144. The predicted molar refractivity (Wildman–Crippen MR) is 113 cm³/mol. The molecule has 1 aliphatic rings. The van der Waals surface area contributed by atoms with Crippen molar-refractivity contribution in [1.29, 1.82) is 0 Å². The number of aryl methyl sites for hydroxylation is 1. The van der Waals surface area contributed by atoms with Gasteiger partial charge in [0.05, 0.1) is 18.0 Å². The summed E-state index contributed by atoms with van der Waals surface area (Å²) >= 11 is 0. The number of benzene rings is 2. The molecule has 1 aromatic heterocycles. The molecule has 1 saturated heterocycles. The Morgan fingerprint density at radius 3 is 2.66 bits per heavy atom. The first-order valence-corrected chi connectivity index (χ1v) is 9.78. The molecule has 2 heterocycles. The molecular weight excluding hydrogens is 368 g/mol. The highest BCUT2D eigenvalue weighted by atomic mass is 16.5. The van der Waals surface area contributed by atoms with Crippen molar-refractivity contribution in [3.8, 4) is 17.2 Å². The van der Waals surface area contributed by atoms with E-state index >= 15 is 0 Å². The maximum Gasteiger partial charge on any atom is 0.145 e. The lowest BCUT2D eigenvalue weighted by Gasteiger charge is -2.29. The molecule has 1 aliphatic heterocycles. The number of phenols is 1. The number of phenolic OH excluding ortho intramolecular Hbond substituents is 1. The van der Waals surface area contributed by atoms with Crippen molar-refractivity contribution in [3.63, 3.8) is 0 Å². The van der Waals surface area contributed by atoms with Crippen LogP contribution < -0.4 is 14.8 Å². The van der Waals surface area contributed by atoms with Crippen molar-refractivity contribution in [3.05, 3.63) is 42.2 Å². The summed E-state index contributed by atoms with van der Waals surface area (Å²) in [6, 6.07) is 9.14. The first kappa shape index (κ1) is 19.3. The number of nitrogens with zero attached hydrogens (tertiary/aromatic N) is 3. The number of aromatic hydroxyl groups is 1. The van der Waals surface area contributed by atoms with Crippen molar-refractivity contribution in [2.24, 2.45) is 0 Å². The lowest BCUT2D eigenvalue weighted by atomic mass is 10.1. The fraction of sp³-hybridized carbons (Fsp3) is 0.364. The number of fused-ring (bicyclic) bond motifs is 1. The van der Waals surface area contributed by atoms with Crippen LogP contribution in [0.15, 0.2) is 36.7 Å². The van der Waals surface area contributed by atoms with Crippen LogP contribution >= 0.6 is 0 Å². The number of piperidine rings is 1. The van der Waals surface area contributed by atoms with Crippen molar-refractivity contribution in [2.45, 2.75) is 25.9 Å². The van der Waals surface area contributed by atoms with E-state index in [1.165, 1.54) is 6.33 Å². The van der Waals surface area contributed by atoms with Gasteiger partial charge >= 0.3 is 0 Å². The molecule has 1 fully saturated rings. The van der Waals surface area contributed by atoms with Crippen LogP contribution in [-0.4, -0.2) is 53.3 Å². The molecule has 0 atom stereocenters. The third-order valence-electron chi connectivity index (χ3n) is 5.33. The molecule has 7 heteroatoms. The molecule has 152 valence electrons. The highest BCUT2D eigenvalue weighted by Crippen LogP contribution is 2.37. The Morgan fingerprint density at radius 1 is 1.14 bits per heavy atom. The van der Waals surface area contributed by atoms with Crippen LogP contribution in [0.3, 0.4) is 0 Å². The maximum atomic E-state index is 9.79. The summed E-state index contributed by atoms with van der Waals surface area (Å²) in [6.07, 6.45) is 3.62. The summed E-state index contributed by atoms with van der Waals surface area (Å²) in [6.45, 7) is 3.89. The Kier molecular flexibility index (Phi) is 5.40. The van der Waals surface area contributed by atoms with E-state index in [0.29, 0.717) is 17.3 Å². The highest BCUT2D eigenvalue weighted by Gasteiger charge is 2.21. The summed E-state index contributed by atoms with van der Waals surface area (Å²) in [5.41, 5.74) is 2.37. The Balaban J connectivity index is 1.73. The van der Waals surface area contributed by atoms with E-state index in [2.05, 4.69) is 27.2 Å². The molecule has 0 amide bonds. The largest absolute Gasteiger partial charge is 0.508 e. The van der Waals surface area contributed by atoms with Gasteiger partial charge in [0.2, 0.25) is 0 Å². The third-order valence-corrected chi connectivity index (χ3v) is 5.33. The molecule has 2 aromatic carbocycles. The molecule has 4 rings (SSSR count). The van der Waals surface area contributed by atoms with Gasteiger partial charge in [0.1, 0.15) is 35.5 Å². The minimum Gasteiger partial charge on any atom is -0.508 e. The zero-order valence-electron chi connectivity index (χ0n) is 17.0. The number of anilines is 2. The van der Waals surface area contributed by atoms with Gasteiger partial charge < -0.3 is 24.8 Å². The van der Waals surface area contributed by atoms with Crippen LogP contribution in [0, 0.1) is 6.92 Å². The Bertz CT molecular complexity index is 1020. The van der Waals surface area contributed by atoms with Gasteiger partial charge in [0.25, 0.3) is 0 Å². The van der Waals surface area contributed by atoms with Crippen molar-refractivity contribution >= 4 is 22.4 Å². The van der Waals surface area contributed by atoms with Crippen LogP contribution in [0.5, 0.6) is 17.2 Å². The Morgan fingerprint density at radius 2 is 1.93 bits per heavy atom. The molecule has 0 bridgehead atoms. The second-order valence-electron chi connectivity index (χ2n) is 7.49.